The van der Waals surface area contributed by atoms with E-state index in [0.717, 1.165) is 5.56 Å². The van der Waals surface area contributed by atoms with E-state index in [1.165, 1.54) is 14.0 Å². The van der Waals surface area contributed by atoms with Crippen molar-refractivity contribution < 1.29 is 19.6 Å². The minimum Gasteiger partial charge on any atom is -0.382 e. The van der Waals surface area contributed by atoms with Crippen LogP contribution in [0.3, 0.4) is 0 Å². The van der Waals surface area contributed by atoms with E-state index in [0.29, 0.717) is 6.54 Å². The Labute approximate surface area is 107 Å². The van der Waals surface area contributed by atoms with Crippen molar-refractivity contribution in [1.82, 2.24) is 5.32 Å². The first-order valence-electron chi connectivity index (χ1n) is 5.80. The molecule has 0 heterocycles. The summed E-state index contributed by atoms with van der Waals surface area (Å²) < 4.78 is 4.92. The number of hydrogen-bond donors (Lipinski definition) is 2. The number of carbonyl (C=O) groups is 2. The van der Waals surface area contributed by atoms with Crippen LogP contribution in [0.1, 0.15) is 12.5 Å². The Morgan fingerprint density at radius 3 is 2.56 bits per heavy atom. The van der Waals surface area contributed by atoms with E-state index in [2.05, 4.69) is 5.32 Å². The Balaban J connectivity index is 2.48. The van der Waals surface area contributed by atoms with Crippen LogP contribution in [-0.4, -0.2) is 31.6 Å². The molecule has 0 aromatic heterocycles. The molecule has 0 spiro atoms. The summed E-state index contributed by atoms with van der Waals surface area (Å²) in [6.45, 7) is 2.12. The largest absolute Gasteiger partial charge is 0.382 e. The molecular formula is C13H19N2O3+. The molecule has 0 unspecified atom stereocenters. The Hall–Kier alpha value is -1.72. The Morgan fingerprint density at radius 1 is 1.33 bits per heavy atom. The smallest absolute Gasteiger partial charge is 0.335 e. The first-order chi connectivity index (χ1) is 8.63. The minimum atomic E-state index is -0.601. The van der Waals surface area contributed by atoms with E-state index in [4.69, 9.17) is 4.74 Å². The van der Waals surface area contributed by atoms with Gasteiger partial charge in [0.1, 0.15) is 6.54 Å². The quantitative estimate of drug-likeness (QED) is 0.711. The normalized spacial score (nSPS) is 11.9. The van der Waals surface area contributed by atoms with Gasteiger partial charge in [0, 0.05) is 19.6 Å². The summed E-state index contributed by atoms with van der Waals surface area (Å²) in [4.78, 5) is 22.9. The number of methoxy groups -OCH3 is 1. The molecule has 0 bridgehead atoms. The van der Waals surface area contributed by atoms with Gasteiger partial charge in [0.2, 0.25) is 5.91 Å². The summed E-state index contributed by atoms with van der Waals surface area (Å²) in [6, 6.07) is 9.08. The molecule has 0 radical (unpaired) electrons. The highest BCUT2D eigenvalue weighted by Crippen LogP contribution is 1.94. The molecular weight excluding hydrogens is 232 g/mol. The molecule has 1 aromatic rings. The molecule has 5 heteroatoms. The third-order valence-corrected chi connectivity index (χ3v) is 2.44. The summed E-state index contributed by atoms with van der Waals surface area (Å²) in [5.41, 5.74) is 1.06. The fraction of sp³-hybridized carbons (Fsp3) is 0.385. The molecule has 0 aliphatic heterocycles. The third-order valence-electron chi connectivity index (χ3n) is 2.44. The summed E-state index contributed by atoms with van der Waals surface area (Å²) >= 11 is 0. The minimum absolute atomic E-state index is 0.129. The van der Waals surface area contributed by atoms with Crippen molar-refractivity contribution >= 4 is 11.8 Å². The Kier molecular flexibility index (Phi) is 6.04. The van der Waals surface area contributed by atoms with Gasteiger partial charge in [-0.05, 0) is 0 Å². The molecule has 98 valence electrons. The van der Waals surface area contributed by atoms with Gasteiger partial charge < -0.3 is 10.1 Å². The lowest BCUT2D eigenvalue weighted by Gasteiger charge is -2.13. The molecule has 18 heavy (non-hydrogen) atoms. The van der Waals surface area contributed by atoms with Crippen LogP contribution in [0, 0.1) is 0 Å². The number of benzene rings is 1. The van der Waals surface area contributed by atoms with Crippen LogP contribution in [-0.2, 0) is 20.9 Å². The molecule has 0 saturated heterocycles. The molecule has 2 amide bonds. The average molecular weight is 251 g/mol. The predicted molar refractivity (Wildman–Crippen MR) is 66.6 cm³/mol. The molecule has 0 fully saturated rings. The number of nitrogens with two attached hydrogens (primary N) is 1. The van der Waals surface area contributed by atoms with Crippen molar-refractivity contribution in [3.63, 3.8) is 0 Å². The molecule has 1 aromatic carbocycles. The third kappa shape index (κ3) is 5.07. The second-order valence-corrected chi connectivity index (χ2v) is 4.00. The van der Waals surface area contributed by atoms with Crippen molar-refractivity contribution in [2.75, 3.05) is 13.7 Å². The second kappa shape index (κ2) is 7.58. The number of hydrogen-bond acceptors (Lipinski definition) is 3. The second-order valence-electron chi connectivity index (χ2n) is 4.00. The van der Waals surface area contributed by atoms with Crippen LogP contribution < -0.4 is 10.6 Å². The van der Waals surface area contributed by atoms with Crippen molar-refractivity contribution in [3.05, 3.63) is 35.9 Å². The van der Waals surface area contributed by atoms with Crippen LogP contribution in [0.25, 0.3) is 0 Å². The number of carbonyl (C=O) groups excluding carboxylic acids is 2. The van der Waals surface area contributed by atoms with Gasteiger partial charge in [-0.3, -0.25) is 10.1 Å². The zero-order valence-corrected chi connectivity index (χ0v) is 10.7. The van der Waals surface area contributed by atoms with Gasteiger partial charge in [0.25, 0.3) is 0 Å². The van der Waals surface area contributed by atoms with Crippen LogP contribution in [0.4, 0.5) is 0 Å². The zero-order chi connectivity index (χ0) is 13.4. The van der Waals surface area contributed by atoms with Crippen molar-refractivity contribution in [3.8, 4) is 0 Å². The van der Waals surface area contributed by atoms with Crippen molar-refractivity contribution in [1.29, 1.82) is 0 Å². The van der Waals surface area contributed by atoms with Crippen molar-refractivity contribution in [2.45, 2.75) is 19.5 Å². The molecule has 5 nitrogen and oxygen atoms in total. The van der Waals surface area contributed by atoms with Crippen LogP contribution >= 0.6 is 0 Å². The maximum absolute atomic E-state index is 11.9. The Bertz CT molecular complexity index is 392. The zero-order valence-electron chi connectivity index (χ0n) is 10.7. The van der Waals surface area contributed by atoms with E-state index in [1.54, 1.807) is 5.32 Å². The van der Waals surface area contributed by atoms with E-state index >= 15 is 0 Å². The predicted octanol–water partition coefficient (Wildman–Crippen LogP) is -0.572. The number of quaternary nitrogens is 1. The van der Waals surface area contributed by atoms with Crippen molar-refractivity contribution in [2.24, 2.45) is 0 Å². The fourth-order valence-electron chi connectivity index (χ4n) is 1.58. The monoisotopic (exact) mass is 251 g/mol. The number of ether oxygens (including phenoxy) is 1. The van der Waals surface area contributed by atoms with Gasteiger partial charge in [-0.2, -0.15) is 0 Å². The lowest BCUT2D eigenvalue weighted by Crippen LogP contribution is -2.90. The fourth-order valence-corrected chi connectivity index (χ4v) is 1.58. The van der Waals surface area contributed by atoms with Gasteiger partial charge in [-0.1, -0.05) is 30.3 Å². The molecule has 1 atom stereocenters. The van der Waals surface area contributed by atoms with Crippen LogP contribution in [0.5, 0.6) is 0 Å². The summed E-state index contributed by atoms with van der Waals surface area (Å²) in [6.07, 6.45) is 0. The maximum Gasteiger partial charge on any atom is 0.335 e. The number of nitrogens with one attached hydrogen (secondary N) is 1. The number of primary amides is 1. The van der Waals surface area contributed by atoms with Gasteiger partial charge in [0.05, 0.1) is 6.61 Å². The lowest BCUT2D eigenvalue weighted by atomic mass is 10.2. The highest BCUT2D eigenvalue weighted by atomic mass is 16.5. The lowest BCUT2D eigenvalue weighted by molar-refractivity contribution is -0.586. The molecule has 0 aliphatic rings. The highest BCUT2D eigenvalue weighted by Gasteiger charge is 2.22. The molecule has 0 saturated carbocycles. The highest BCUT2D eigenvalue weighted by molar-refractivity contribution is 5.81. The summed E-state index contributed by atoms with van der Waals surface area (Å²) in [7, 11) is 1.50. The summed E-state index contributed by atoms with van der Waals surface area (Å²) in [5, 5.41) is 4.15. The van der Waals surface area contributed by atoms with Crippen LogP contribution in [0.15, 0.2) is 30.3 Å². The van der Waals surface area contributed by atoms with E-state index in [9.17, 15) is 9.59 Å². The van der Waals surface area contributed by atoms with Gasteiger partial charge in [0.15, 0.2) is 6.04 Å². The van der Waals surface area contributed by atoms with Gasteiger partial charge in [-0.25, -0.2) is 4.79 Å². The number of rotatable bonds is 6. The maximum atomic E-state index is 11.9. The standard InChI is InChI=1S/C13H18N2O3/c1-10(16)15-12(9-18-2)13(17)14-8-11-6-4-3-5-7-11/h3-7,12H,8-9H2,1-2H3,(H,14,17)(H,15,16)/p+1/t12-/m1/s1. The van der Waals surface area contributed by atoms with E-state index in [-0.39, 0.29) is 18.4 Å². The SMILES string of the molecule is COC[C@@H](NC(C)=O)C(=O)[NH2+]Cc1ccccc1. The van der Waals surface area contributed by atoms with E-state index in [1.807, 2.05) is 30.3 Å². The topological polar surface area (TPSA) is 72.0 Å². The first kappa shape index (κ1) is 14.3. The number of amides is 2. The first-order valence-corrected chi connectivity index (χ1v) is 5.80. The average Bonchev–Trinajstić information content (AvgIpc) is 2.36. The molecule has 1 rings (SSSR count). The van der Waals surface area contributed by atoms with E-state index < -0.39 is 6.04 Å². The molecule has 3 N–H and O–H groups in total. The summed E-state index contributed by atoms with van der Waals surface area (Å²) in [5.74, 6) is -0.366. The van der Waals surface area contributed by atoms with Gasteiger partial charge >= 0.3 is 5.91 Å². The Morgan fingerprint density at radius 2 is 2.00 bits per heavy atom. The molecule has 0 aliphatic carbocycles. The van der Waals surface area contributed by atoms with Gasteiger partial charge in [-0.15, -0.1) is 0 Å². The van der Waals surface area contributed by atoms with Crippen LogP contribution in [0.2, 0.25) is 0 Å².